The molecule has 0 unspecified atom stereocenters. The minimum absolute atomic E-state index is 0.148. The normalized spacial score (nSPS) is 13.5. The number of nitro groups is 1. The maximum Gasteiger partial charge on any atom is 0.408 e. The zero-order chi connectivity index (χ0) is 28.5. The van der Waals surface area contributed by atoms with Gasteiger partial charge in [0.2, 0.25) is 17.7 Å². The lowest BCUT2D eigenvalue weighted by molar-refractivity contribution is -0.384. The van der Waals surface area contributed by atoms with Gasteiger partial charge in [0.15, 0.2) is 0 Å². The monoisotopic (exact) mass is 523 g/mol. The molecule has 4 amide bonds. The number of non-ortho nitro benzene ring substituents is 1. The van der Waals surface area contributed by atoms with Crippen LogP contribution in [0, 0.1) is 16.0 Å². The van der Waals surface area contributed by atoms with Gasteiger partial charge in [-0.15, -0.1) is 0 Å². The zero-order valence-corrected chi connectivity index (χ0v) is 21.5. The van der Waals surface area contributed by atoms with Crippen LogP contribution in [-0.4, -0.2) is 63.5 Å². The highest BCUT2D eigenvalue weighted by Gasteiger charge is 2.31. The molecule has 0 saturated heterocycles. The van der Waals surface area contributed by atoms with Gasteiger partial charge in [0.05, 0.1) is 11.3 Å². The molecule has 0 spiro atoms. The van der Waals surface area contributed by atoms with Crippen molar-refractivity contribution in [3.63, 3.8) is 0 Å². The highest BCUT2D eigenvalue weighted by Crippen LogP contribution is 2.16. The number of hydrogen-bond donors (Lipinski definition) is 5. The van der Waals surface area contributed by atoms with Crippen LogP contribution in [0.15, 0.2) is 24.3 Å². The first-order valence-corrected chi connectivity index (χ1v) is 11.4. The quantitative estimate of drug-likeness (QED) is 0.210. The van der Waals surface area contributed by atoms with Gasteiger partial charge in [-0.1, -0.05) is 13.8 Å². The van der Waals surface area contributed by atoms with Crippen LogP contribution in [0.3, 0.4) is 0 Å². The lowest BCUT2D eigenvalue weighted by Crippen LogP contribution is -2.56. The number of hydrogen-bond acceptors (Lipinski definition) is 8. The molecule has 37 heavy (non-hydrogen) atoms. The predicted octanol–water partition coefficient (Wildman–Crippen LogP) is 1.55. The summed E-state index contributed by atoms with van der Waals surface area (Å²) in [4.78, 5) is 71.5. The summed E-state index contributed by atoms with van der Waals surface area (Å²) in [5.74, 6) is -4.15. The van der Waals surface area contributed by atoms with Crippen LogP contribution >= 0.6 is 0 Å². The van der Waals surface area contributed by atoms with Gasteiger partial charge in [-0.25, -0.2) is 4.79 Å². The Morgan fingerprint density at radius 2 is 1.51 bits per heavy atom. The third kappa shape index (κ3) is 10.9. The van der Waals surface area contributed by atoms with Gasteiger partial charge in [-0.2, -0.15) is 0 Å². The van der Waals surface area contributed by atoms with E-state index < -0.39 is 64.9 Å². The fraction of sp³-hybridized carbons (Fsp3) is 0.522. The number of rotatable bonds is 11. The molecule has 1 aromatic carbocycles. The third-order valence-electron chi connectivity index (χ3n) is 4.73. The van der Waals surface area contributed by atoms with Gasteiger partial charge in [0.25, 0.3) is 5.69 Å². The molecule has 1 rings (SSSR count). The number of ether oxygens (including phenoxy) is 1. The molecule has 14 heteroatoms. The molecule has 1 aromatic rings. The Labute approximate surface area is 213 Å². The van der Waals surface area contributed by atoms with Crippen LogP contribution in [0.4, 0.5) is 16.2 Å². The highest BCUT2D eigenvalue weighted by molar-refractivity contribution is 6.00. The summed E-state index contributed by atoms with van der Waals surface area (Å²) in [5, 5.41) is 29.5. The molecule has 0 radical (unpaired) electrons. The van der Waals surface area contributed by atoms with Crippen LogP contribution in [0.25, 0.3) is 0 Å². The van der Waals surface area contributed by atoms with Gasteiger partial charge in [-0.3, -0.25) is 29.3 Å². The van der Waals surface area contributed by atoms with Crippen molar-refractivity contribution in [1.82, 2.24) is 16.0 Å². The van der Waals surface area contributed by atoms with Crippen molar-refractivity contribution in [2.24, 2.45) is 5.92 Å². The number of carboxylic acids is 1. The number of amides is 4. The van der Waals surface area contributed by atoms with Gasteiger partial charge < -0.3 is 31.1 Å². The first kappa shape index (κ1) is 30.8. The minimum atomic E-state index is -1.51. The molecular weight excluding hydrogens is 490 g/mol. The standard InChI is InChI=1S/C23H33N5O9/c1-12(2)18(27-22(34)37-23(4,5)6)21(33)24-13(3)19(31)26-16(11-17(29)30)20(32)25-14-7-9-15(10-8-14)28(35)36/h7-10,12-13,16,18H,11H2,1-6H3,(H,24,33)(H,25,32)(H,26,31)(H,27,34)(H,29,30)/t13-,16-,18-/m0/s1. The maximum atomic E-state index is 12.7. The summed E-state index contributed by atoms with van der Waals surface area (Å²) in [6, 6.07) is 1.05. The van der Waals surface area contributed by atoms with E-state index in [1.165, 1.54) is 19.1 Å². The van der Waals surface area contributed by atoms with Crippen molar-refractivity contribution in [3.8, 4) is 0 Å². The third-order valence-corrected chi connectivity index (χ3v) is 4.73. The number of nitro benzene ring substituents is 1. The summed E-state index contributed by atoms with van der Waals surface area (Å²) in [7, 11) is 0. The van der Waals surface area contributed by atoms with Crippen molar-refractivity contribution in [2.45, 2.75) is 71.7 Å². The SMILES string of the molecule is CC(C)[C@H](NC(=O)OC(C)(C)C)C(=O)N[C@@H](C)C(=O)N[C@@H](CC(=O)O)C(=O)Nc1ccc([N+](=O)[O-])cc1. The van der Waals surface area contributed by atoms with E-state index in [1.54, 1.807) is 34.6 Å². The van der Waals surface area contributed by atoms with Gasteiger partial charge in [-0.05, 0) is 45.7 Å². The number of anilines is 1. The summed E-state index contributed by atoms with van der Waals surface area (Å²) in [5.41, 5.74) is -0.850. The molecule has 14 nitrogen and oxygen atoms in total. The average Bonchev–Trinajstić information content (AvgIpc) is 2.75. The number of carbonyl (C=O) groups excluding carboxylic acids is 4. The first-order valence-electron chi connectivity index (χ1n) is 11.4. The van der Waals surface area contributed by atoms with Gasteiger partial charge >= 0.3 is 12.1 Å². The molecule has 0 aliphatic heterocycles. The van der Waals surface area contributed by atoms with E-state index in [0.717, 1.165) is 12.1 Å². The van der Waals surface area contributed by atoms with E-state index in [4.69, 9.17) is 9.84 Å². The lowest BCUT2D eigenvalue weighted by atomic mass is 10.0. The fourth-order valence-corrected chi connectivity index (χ4v) is 2.91. The van der Waals surface area contributed by atoms with Crippen LogP contribution in [0.5, 0.6) is 0 Å². The van der Waals surface area contributed by atoms with Crippen molar-refractivity contribution >= 4 is 41.2 Å². The van der Waals surface area contributed by atoms with E-state index in [2.05, 4.69) is 21.3 Å². The number of alkyl carbamates (subject to hydrolysis) is 1. The highest BCUT2D eigenvalue weighted by atomic mass is 16.6. The maximum absolute atomic E-state index is 12.7. The van der Waals surface area contributed by atoms with Crippen molar-refractivity contribution in [2.75, 3.05) is 5.32 Å². The first-order chi connectivity index (χ1) is 17.0. The van der Waals surface area contributed by atoms with E-state index in [0.29, 0.717) is 0 Å². The Kier molecular flexibility index (Phi) is 11.0. The van der Waals surface area contributed by atoms with E-state index in [-0.39, 0.29) is 17.3 Å². The molecule has 3 atom stereocenters. The van der Waals surface area contributed by atoms with E-state index in [1.807, 2.05) is 0 Å². The van der Waals surface area contributed by atoms with Gasteiger partial charge in [0, 0.05) is 17.8 Å². The van der Waals surface area contributed by atoms with Gasteiger partial charge in [0.1, 0.15) is 23.7 Å². The molecular formula is C23H33N5O9. The Hall–Kier alpha value is -4.23. The summed E-state index contributed by atoms with van der Waals surface area (Å²) in [6.45, 7) is 9.66. The van der Waals surface area contributed by atoms with Crippen LogP contribution < -0.4 is 21.3 Å². The van der Waals surface area contributed by atoms with Crippen molar-refractivity contribution < 1.29 is 38.7 Å². The number of nitrogens with zero attached hydrogens (tertiary/aromatic N) is 1. The molecule has 204 valence electrons. The summed E-state index contributed by atoms with van der Waals surface area (Å²) < 4.78 is 5.16. The molecule has 0 fully saturated rings. The number of carboxylic acid groups (broad SMARTS) is 1. The molecule has 0 aromatic heterocycles. The number of benzene rings is 1. The lowest BCUT2D eigenvalue weighted by Gasteiger charge is -2.26. The second-order valence-electron chi connectivity index (χ2n) is 9.55. The molecule has 0 aliphatic carbocycles. The minimum Gasteiger partial charge on any atom is -0.481 e. The van der Waals surface area contributed by atoms with E-state index in [9.17, 15) is 34.1 Å². The van der Waals surface area contributed by atoms with Crippen LogP contribution in [0.1, 0.15) is 48.0 Å². The largest absolute Gasteiger partial charge is 0.481 e. The number of aliphatic carboxylic acids is 1. The Morgan fingerprint density at radius 3 is 1.97 bits per heavy atom. The smallest absolute Gasteiger partial charge is 0.408 e. The Balaban J connectivity index is 2.86. The van der Waals surface area contributed by atoms with Crippen LogP contribution in [-0.2, 0) is 23.9 Å². The second kappa shape index (κ2) is 13.2. The molecule has 0 heterocycles. The van der Waals surface area contributed by atoms with Crippen LogP contribution in [0.2, 0.25) is 0 Å². The summed E-state index contributed by atoms with van der Waals surface area (Å²) >= 11 is 0. The topological polar surface area (TPSA) is 206 Å². The Morgan fingerprint density at radius 1 is 0.946 bits per heavy atom. The van der Waals surface area contributed by atoms with Crippen molar-refractivity contribution in [1.29, 1.82) is 0 Å². The predicted molar refractivity (Wildman–Crippen MR) is 132 cm³/mol. The zero-order valence-electron chi connectivity index (χ0n) is 21.5. The number of nitrogens with one attached hydrogen (secondary N) is 4. The molecule has 5 N–H and O–H groups in total. The average molecular weight is 524 g/mol. The molecule has 0 aliphatic rings. The second-order valence-corrected chi connectivity index (χ2v) is 9.55. The molecule has 0 bridgehead atoms. The van der Waals surface area contributed by atoms with E-state index >= 15 is 0 Å². The fourth-order valence-electron chi connectivity index (χ4n) is 2.91. The summed E-state index contributed by atoms with van der Waals surface area (Å²) in [6.07, 6.45) is -1.58. The molecule has 0 saturated carbocycles. The Bertz CT molecular complexity index is 1020. The number of carbonyl (C=O) groups is 5. The van der Waals surface area contributed by atoms with Crippen molar-refractivity contribution in [3.05, 3.63) is 34.4 Å².